The Morgan fingerprint density at radius 1 is 1.20 bits per heavy atom. The average Bonchev–Trinajstić information content (AvgIpc) is 3.45. The number of carbonyl (C=O) groups excluding carboxylic acids is 3. The van der Waals surface area contributed by atoms with Gasteiger partial charge in [0.15, 0.2) is 5.13 Å². The molecule has 2 aliphatic heterocycles. The van der Waals surface area contributed by atoms with Crippen LogP contribution in [0.3, 0.4) is 0 Å². The van der Waals surface area contributed by atoms with Gasteiger partial charge in [0.25, 0.3) is 0 Å². The quantitative estimate of drug-likeness (QED) is 0.367. The van der Waals surface area contributed by atoms with Gasteiger partial charge in [0, 0.05) is 32.7 Å². The van der Waals surface area contributed by atoms with Crippen molar-refractivity contribution in [3.8, 4) is 0 Å². The lowest BCUT2D eigenvalue weighted by Gasteiger charge is -2.45. The second-order valence-corrected chi connectivity index (χ2v) is 12.6. The minimum atomic E-state index is -3.44. The molecule has 2 saturated heterocycles. The second-order valence-electron chi connectivity index (χ2n) is 9.78. The van der Waals surface area contributed by atoms with E-state index in [4.69, 9.17) is 5.73 Å². The van der Waals surface area contributed by atoms with E-state index in [1.165, 1.54) is 23.4 Å². The molecule has 5 rings (SSSR count). The van der Waals surface area contributed by atoms with Crippen LogP contribution in [0.15, 0.2) is 42.5 Å². The predicted octanol–water partition coefficient (Wildman–Crippen LogP) is 0.860. The van der Waals surface area contributed by atoms with E-state index in [0.29, 0.717) is 10.8 Å². The Kier molecular flexibility index (Phi) is 7.29. The predicted molar refractivity (Wildman–Crippen MR) is 151 cm³/mol. The molecule has 2 aromatic carbocycles. The van der Waals surface area contributed by atoms with E-state index in [9.17, 15) is 22.8 Å². The summed E-state index contributed by atoms with van der Waals surface area (Å²) < 4.78 is 26.5. The number of nitrogen functional groups attached to an aromatic ring is 1. The molecule has 15 heteroatoms. The highest BCUT2D eigenvalue weighted by molar-refractivity contribution is 7.92. The van der Waals surface area contributed by atoms with Gasteiger partial charge < -0.3 is 20.9 Å². The van der Waals surface area contributed by atoms with Gasteiger partial charge in [0.1, 0.15) is 12.2 Å². The number of nitrogens with two attached hydrogens (primary N) is 1. The molecule has 0 spiro atoms. The maximum Gasteiger partial charge on any atom is 0.331 e. The summed E-state index contributed by atoms with van der Waals surface area (Å²) in [4.78, 5) is 47.4. The summed E-state index contributed by atoms with van der Waals surface area (Å²) in [6.45, 7) is 0.389. The van der Waals surface area contributed by atoms with Crippen molar-refractivity contribution in [2.75, 3.05) is 43.9 Å². The Labute approximate surface area is 235 Å². The number of benzene rings is 2. The molecule has 2 fully saturated rings. The van der Waals surface area contributed by atoms with Crippen molar-refractivity contribution in [2.45, 2.75) is 25.2 Å². The van der Waals surface area contributed by atoms with Gasteiger partial charge in [-0.15, -0.1) is 0 Å². The van der Waals surface area contributed by atoms with E-state index in [-0.39, 0.29) is 43.9 Å². The zero-order chi connectivity index (χ0) is 28.8. The minimum Gasteiger partial charge on any atom is -0.375 e. The van der Waals surface area contributed by atoms with Crippen LogP contribution in [0.1, 0.15) is 11.1 Å². The molecule has 1 aromatic heterocycles. The highest BCUT2D eigenvalue weighted by Gasteiger charge is 2.51. The van der Waals surface area contributed by atoms with Crippen LogP contribution in [0, 0.1) is 0 Å². The number of nitrogens with zero attached hydrogens (tertiary/aromatic N) is 5. The molecule has 0 saturated carbocycles. The summed E-state index contributed by atoms with van der Waals surface area (Å²) in [6.07, 6.45) is 0.711. The van der Waals surface area contributed by atoms with Crippen LogP contribution < -0.4 is 15.8 Å². The maximum absolute atomic E-state index is 14.0. The van der Waals surface area contributed by atoms with Gasteiger partial charge in [-0.1, -0.05) is 35.6 Å². The third-order valence-electron chi connectivity index (χ3n) is 7.03. The third-order valence-corrected chi connectivity index (χ3v) is 8.48. The summed E-state index contributed by atoms with van der Waals surface area (Å²) in [5, 5.41) is 6.03. The number of amides is 4. The number of carbonyl (C=O) groups is 3. The first kappa shape index (κ1) is 27.6. The van der Waals surface area contributed by atoms with Crippen LogP contribution in [0.2, 0.25) is 0 Å². The molecule has 2 aliphatic rings. The second kappa shape index (κ2) is 10.6. The Morgan fingerprint density at radius 2 is 1.93 bits per heavy atom. The number of fused-ring (bicyclic) bond motifs is 2. The lowest BCUT2D eigenvalue weighted by Crippen LogP contribution is -2.65. The molecular weight excluding hydrogens is 556 g/mol. The molecule has 4 amide bonds. The number of urea groups is 1. The zero-order valence-electron chi connectivity index (χ0n) is 22.2. The average molecular weight is 587 g/mol. The minimum absolute atomic E-state index is 0.0539. The van der Waals surface area contributed by atoms with E-state index in [2.05, 4.69) is 15.0 Å². The molecule has 0 bridgehead atoms. The van der Waals surface area contributed by atoms with Gasteiger partial charge in [-0.2, -0.15) is 5.01 Å². The molecule has 3 aromatic rings. The molecule has 0 radical (unpaired) electrons. The van der Waals surface area contributed by atoms with Crippen molar-refractivity contribution >= 4 is 60.2 Å². The highest BCUT2D eigenvalue weighted by Crippen LogP contribution is 2.32. The fourth-order valence-electron chi connectivity index (χ4n) is 5.23. The van der Waals surface area contributed by atoms with Crippen molar-refractivity contribution in [3.05, 3.63) is 53.6 Å². The molecule has 4 N–H and O–H groups in total. The number of rotatable bonds is 7. The van der Waals surface area contributed by atoms with Gasteiger partial charge in [0.2, 0.25) is 21.8 Å². The first-order valence-corrected chi connectivity index (χ1v) is 15.2. The largest absolute Gasteiger partial charge is 0.375 e. The van der Waals surface area contributed by atoms with E-state index in [0.717, 1.165) is 27.6 Å². The molecule has 13 nitrogen and oxygen atoms in total. The topological polar surface area (TPSA) is 161 Å². The van der Waals surface area contributed by atoms with Crippen molar-refractivity contribution in [1.29, 1.82) is 0 Å². The number of hydrogen-bond donors (Lipinski definition) is 3. The summed E-state index contributed by atoms with van der Waals surface area (Å²) in [6, 6.07) is 11.2. The standard InChI is InChI=1S/C25H30N8O5S2/c1-27-25(36)30(2)32-14-21(34)33-18(11-15-7-9-17(10-8-15)29-40(3,37)38)23(35)31(13-20(32)33)12-16-5-4-6-19-22(16)28-24(26)39-19/h4-10,18,20,29H,11-14H2,1-3H3,(H2,26,28)(H,27,36)/t18-,20+/m0/s1. The fourth-order valence-corrected chi connectivity index (χ4v) is 6.58. The van der Waals surface area contributed by atoms with E-state index >= 15 is 0 Å². The number of hydrazine groups is 1. The van der Waals surface area contributed by atoms with E-state index in [1.54, 1.807) is 46.1 Å². The lowest BCUT2D eigenvalue weighted by atomic mass is 9.99. The van der Waals surface area contributed by atoms with Crippen LogP contribution >= 0.6 is 11.3 Å². The van der Waals surface area contributed by atoms with Crippen molar-refractivity contribution in [3.63, 3.8) is 0 Å². The summed E-state index contributed by atoms with van der Waals surface area (Å²) in [5.74, 6) is -0.490. The number of thiazole rings is 1. The number of para-hydroxylation sites is 1. The Balaban J connectivity index is 1.48. The van der Waals surface area contributed by atoms with Crippen molar-refractivity contribution in [2.24, 2.45) is 0 Å². The Hall–Kier alpha value is -3.95. The molecular formula is C25H30N8O5S2. The monoisotopic (exact) mass is 586 g/mol. The van der Waals surface area contributed by atoms with Crippen molar-refractivity contribution in [1.82, 2.24) is 30.1 Å². The number of anilines is 2. The smallest absolute Gasteiger partial charge is 0.331 e. The highest BCUT2D eigenvalue weighted by atomic mass is 32.2. The van der Waals surface area contributed by atoms with Gasteiger partial charge in [-0.05, 0) is 29.3 Å². The number of aromatic nitrogens is 1. The first-order valence-electron chi connectivity index (χ1n) is 12.5. The molecule has 40 heavy (non-hydrogen) atoms. The zero-order valence-corrected chi connectivity index (χ0v) is 23.8. The lowest BCUT2D eigenvalue weighted by molar-refractivity contribution is -0.157. The van der Waals surface area contributed by atoms with Crippen LogP contribution in [0.5, 0.6) is 0 Å². The van der Waals surface area contributed by atoms with E-state index in [1.807, 2.05) is 18.2 Å². The molecule has 0 unspecified atom stereocenters. The Bertz CT molecular complexity index is 1580. The molecule has 2 atom stereocenters. The third kappa shape index (κ3) is 5.39. The number of sulfonamides is 1. The number of piperazine rings is 1. The number of nitrogens with one attached hydrogen (secondary N) is 2. The van der Waals surface area contributed by atoms with Gasteiger partial charge in [0.05, 0.1) is 29.6 Å². The molecule has 0 aliphatic carbocycles. The first-order chi connectivity index (χ1) is 18.9. The fraction of sp³-hybridized carbons (Fsp3) is 0.360. The molecule has 212 valence electrons. The summed E-state index contributed by atoms with van der Waals surface area (Å²) in [7, 11) is -0.347. The normalized spacial score (nSPS) is 19.7. The summed E-state index contributed by atoms with van der Waals surface area (Å²) >= 11 is 1.37. The summed E-state index contributed by atoms with van der Waals surface area (Å²) in [5.41, 5.74) is 8.65. The molecule has 3 heterocycles. The van der Waals surface area contributed by atoms with Gasteiger partial charge in [-0.3, -0.25) is 19.3 Å². The van der Waals surface area contributed by atoms with Crippen molar-refractivity contribution < 1.29 is 22.8 Å². The Morgan fingerprint density at radius 3 is 2.60 bits per heavy atom. The van der Waals surface area contributed by atoms with Crippen LogP contribution in [0.4, 0.5) is 15.6 Å². The van der Waals surface area contributed by atoms with E-state index < -0.39 is 22.2 Å². The van der Waals surface area contributed by atoms with Gasteiger partial charge >= 0.3 is 6.03 Å². The van der Waals surface area contributed by atoms with Crippen LogP contribution in [-0.4, -0.2) is 96.7 Å². The maximum atomic E-state index is 14.0. The SMILES string of the molecule is CNC(=O)N(C)N1CC(=O)N2[C@@H](Cc3ccc(NS(C)(=O)=O)cc3)C(=O)N(Cc3cccc4sc(N)nc34)C[C@@H]21. The van der Waals surface area contributed by atoms with Crippen LogP contribution in [-0.2, 0) is 32.6 Å². The number of hydrogen-bond acceptors (Lipinski definition) is 9. The van der Waals surface area contributed by atoms with Crippen LogP contribution in [0.25, 0.3) is 10.2 Å². The van der Waals surface area contributed by atoms with Gasteiger partial charge in [-0.25, -0.2) is 18.2 Å².